The van der Waals surface area contributed by atoms with Gasteiger partial charge in [0.2, 0.25) is 0 Å². The van der Waals surface area contributed by atoms with Gasteiger partial charge in [-0.05, 0) is 25.5 Å². The molecule has 10 nitrogen and oxygen atoms in total. The van der Waals surface area contributed by atoms with Crippen molar-refractivity contribution in [3.05, 3.63) is 58.7 Å². The van der Waals surface area contributed by atoms with Gasteiger partial charge < -0.3 is 10.8 Å². The summed E-state index contributed by atoms with van der Waals surface area (Å²) in [5.74, 6) is -2.37. The molecular formula is C19H20F5N7O3. The number of hydrogen-bond donors (Lipinski definition) is 2. The van der Waals surface area contributed by atoms with Crippen molar-refractivity contribution in [2.75, 3.05) is 6.54 Å². The molecule has 0 aromatic carbocycles. The number of carbonyl (C=O) groups is 1. The van der Waals surface area contributed by atoms with Gasteiger partial charge in [0.05, 0.1) is 12.7 Å². The highest BCUT2D eigenvalue weighted by Crippen LogP contribution is 2.21. The van der Waals surface area contributed by atoms with Crippen molar-refractivity contribution in [1.82, 2.24) is 29.1 Å². The number of halogens is 5. The summed E-state index contributed by atoms with van der Waals surface area (Å²) in [6, 6.07) is 1.88. The van der Waals surface area contributed by atoms with Gasteiger partial charge in [-0.1, -0.05) is 0 Å². The minimum absolute atomic E-state index is 0.338. The fourth-order valence-corrected chi connectivity index (χ4v) is 2.64. The average molecular weight is 489 g/mol. The maximum absolute atomic E-state index is 12.8. The zero-order chi connectivity index (χ0) is 25.6. The van der Waals surface area contributed by atoms with Crippen LogP contribution < -0.4 is 11.4 Å². The topological polar surface area (TPSA) is 134 Å². The molecule has 0 aliphatic rings. The van der Waals surface area contributed by atoms with E-state index in [-0.39, 0.29) is 18.7 Å². The summed E-state index contributed by atoms with van der Waals surface area (Å²) in [6.07, 6.45) is -0.431. The summed E-state index contributed by atoms with van der Waals surface area (Å²) in [6.45, 7) is 3.86. The number of carboxylic acid groups (broad SMARTS) is 1. The van der Waals surface area contributed by atoms with Crippen molar-refractivity contribution in [3.8, 4) is 16.9 Å². The molecular weight excluding hydrogens is 469 g/mol. The first-order valence-electron chi connectivity index (χ1n) is 9.56. The second-order valence-electron chi connectivity index (χ2n) is 6.76. The van der Waals surface area contributed by atoms with Gasteiger partial charge in [0, 0.05) is 42.2 Å². The summed E-state index contributed by atoms with van der Waals surface area (Å²) < 4.78 is 61.2. The number of nitrogens with zero attached hydrogens (tertiary/aromatic N) is 6. The normalized spacial score (nSPS) is 11.1. The van der Waals surface area contributed by atoms with Crippen LogP contribution in [0.1, 0.15) is 12.5 Å². The zero-order valence-electron chi connectivity index (χ0n) is 17.9. The van der Waals surface area contributed by atoms with Crippen LogP contribution in [0.25, 0.3) is 16.9 Å². The molecule has 0 atom stereocenters. The standard InChI is InChI=1S/C17H19F2N7O.C2HF3O2/c1-3-24-8-14(7-22-24)12-4-11(2)16(21-6-12)25-10-23-26(17(25)27)9-13(5-20)15(18)19;3-2(4,5)1(6)7/h4,6-8,10H,3,5,9,20H2,1-2H3;(H,6,7). The maximum Gasteiger partial charge on any atom is 0.490 e. The molecule has 0 amide bonds. The van der Waals surface area contributed by atoms with Crippen LogP contribution in [0.5, 0.6) is 0 Å². The van der Waals surface area contributed by atoms with Crippen LogP contribution in [-0.2, 0) is 17.9 Å². The number of aliphatic carboxylic acids is 1. The lowest BCUT2D eigenvalue weighted by molar-refractivity contribution is -0.192. The fraction of sp³-hybridized carbons (Fsp3) is 0.316. The van der Waals surface area contributed by atoms with Crippen LogP contribution in [-0.4, -0.2) is 52.9 Å². The van der Waals surface area contributed by atoms with Crippen LogP contribution in [0.4, 0.5) is 22.0 Å². The molecule has 0 saturated carbocycles. The number of pyridine rings is 1. The molecule has 3 aromatic rings. The first-order chi connectivity index (χ1) is 15.9. The molecule has 0 fully saturated rings. The molecule has 0 aliphatic heterocycles. The van der Waals surface area contributed by atoms with Gasteiger partial charge in [0.15, 0.2) is 0 Å². The van der Waals surface area contributed by atoms with Crippen LogP contribution in [0.2, 0.25) is 0 Å². The van der Waals surface area contributed by atoms with E-state index in [0.29, 0.717) is 5.82 Å². The highest BCUT2D eigenvalue weighted by molar-refractivity contribution is 5.73. The van der Waals surface area contributed by atoms with E-state index in [2.05, 4.69) is 15.2 Å². The van der Waals surface area contributed by atoms with Crippen LogP contribution in [0, 0.1) is 6.92 Å². The summed E-state index contributed by atoms with van der Waals surface area (Å²) in [5.41, 5.74) is 6.91. The zero-order valence-corrected chi connectivity index (χ0v) is 17.9. The van der Waals surface area contributed by atoms with Crippen LogP contribution in [0.15, 0.2) is 47.4 Å². The SMILES string of the molecule is CCn1cc(-c2cnc(-n3cnn(CC(CN)=C(F)F)c3=O)c(C)c2)cn1.O=C(O)C(F)(F)F. The van der Waals surface area contributed by atoms with E-state index < -0.39 is 23.9 Å². The average Bonchev–Trinajstić information content (AvgIpc) is 3.38. The summed E-state index contributed by atoms with van der Waals surface area (Å²) >= 11 is 0. The first kappa shape index (κ1) is 26.4. The highest BCUT2D eigenvalue weighted by atomic mass is 19.4. The minimum atomic E-state index is -5.08. The molecule has 3 aromatic heterocycles. The molecule has 3 heterocycles. The number of hydrogen-bond acceptors (Lipinski definition) is 6. The summed E-state index contributed by atoms with van der Waals surface area (Å²) in [5, 5.41) is 15.2. The monoisotopic (exact) mass is 489 g/mol. The Morgan fingerprint density at radius 1 is 1.18 bits per heavy atom. The Kier molecular flexibility index (Phi) is 8.40. The van der Waals surface area contributed by atoms with E-state index in [9.17, 15) is 26.7 Å². The number of nitrogens with two attached hydrogens (primary N) is 1. The van der Waals surface area contributed by atoms with E-state index in [1.54, 1.807) is 17.1 Å². The Morgan fingerprint density at radius 2 is 1.82 bits per heavy atom. The minimum Gasteiger partial charge on any atom is -0.475 e. The van der Waals surface area contributed by atoms with E-state index >= 15 is 0 Å². The molecule has 184 valence electrons. The predicted molar refractivity (Wildman–Crippen MR) is 109 cm³/mol. The lowest BCUT2D eigenvalue weighted by Crippen LogP contribution is -2.27. The molecule has 0 unspecified atom stereocenters. The lowest BCUT2D eigenvalue weighted by atomic mass is 10.1. The fourth-order valence-electron chi connectivity index (χ4n) is 2.64. The lowest BCUT2D eigenvalue weighted by Gasteiger charge is -2.06. The molecule has 0 bridgehead atoms. The van der Waals surface area contributed by atoms with E-state index in [1.807, 2.05) is 26.1 Å². The third-order valence-electron chi connectivity index (χ3n) is 4.40. The van der Waals surface area contributed by atoms with Crippen LogP contribution >= 0.6 is 0 Å². The molecule has 0 spiro atoms. The summed E-state index contributed by atoms with van der Waals surface area (Å²) in [7, 11) is 0. The molecule has 15 heteroatoms. The van der Waals surface area contributed by atoms with Crippen molar-refractivity contribution in [1.29, 1.82) is 0 Å². The predicted octanol–water partition coefficient (Wildman–Crippen LogP) is 2.36. The second-order valence-corrected chi connectivity index (χ2v) is 6.76. The van der Waals surface area contributed by atoms with Crippen molar-refractivity contribution in [2.45, 2.75) is 33.1 Å². The molecule has 34 heavy (non-hydrogen) atoms. The Labute approximate surface area is 188 Å². The largest absolute Gasteiger partial charge is 0.490 e. The van der Waals surface area contributed by atoms with Crippen molar-refractivity contribution in [3.63, 3.8) is 0 Å². The number of aromatic nitrogens is 6. The van der Waals surface area contributed by atoms with Gasteiger partial charge in [-0.3, -0.25) is 4.68 Å². The maximum atomic E-state index is 12.8. The number of carboxylic acids is 1. The first-order valence-corrected chi connectivity index (χ1v) is 9.56. The number of alkyl halides is 3. The van der Waals surface area contributed by atoms with E-state index in [4.69, 9.17) is 15.6 Å². The third kappa shape index (κ3) is 6.34. The Morgan fingerprint density at radius 3 is 2.29 bits per heavy atom. The summed E-state index contributed by atoms with van der Waals surface area (Å²) in [4.78, 5) is 25.7. The van der Waals surface area contributed by atoms with Gasteiger partial charge in [0.1, 0.15) is 12.1 Å². The Bertz CT molecular complexity index is 1240. The van der Waals surface area contributed by atoms with Gasteiger partial charge in [-0.25, -0.2) is 23.8 Å². The highest BCUT2D eigenvalue weighted by Gasteiger charge is 2.38. The van der Waals surface area contributed by atoms with Crippen molar-refractivity contribution >= 4 is 5.97 Å². The number of aryl methyl sites for hydroxylation is 2. The van der Waals surface area contributed by atoms with Crippen molar-refractivity contribution in [2.24, 2.45) is 5.73 Å². The second kappa shape index (κ2) is 10.8. The van der Waals surface area contributed by atoms with E-state index in [1.165, 1.54) is 10.9 Å². The molecule has 0 radical (unpaired) electrons. The van der Waals surface area contributed by atoms with Crippen molar-refractivity contribution < 1.29 is 31.9 Å². The molecule has 0 saturated heterocycles. The van der Waals surface area contributed by atoms with Gasteiger partial charge in [-0.2, -0.15) is 32.1 Å². The third-order valence-corrected chi connectivity index (χ3v) is 4.40. The molecule has 3 N–H and O–H groups in total. The van der Waals surface area contributed by atoms with E-state index in [0.717, 1.165) is 27.9 Å². The number of rotatable bonds is 6. The van der Waals surface area contributed by atoms with Gasteiger partial charge in [-0.15, -0.1) is 0 Å². The quantitative estimate of drug-likeness (QED) is 0.508. The van der Waals surface area contributed by atoms with Gasteiger partial charge >= 0.3 is 17.8 Å². The Balaban J connectivity index is 0.000000509. The Hall–Kier alpha value is -3.88. The smallest absolute Gasteiger partial charge is 0.475 e. The van der Waals surface area contributed by atoms with Gasteiger partial charge in [0.25, 0.3) is 6.08 Å². The molecule has 3 rings (SSSR count). The van der Waals surface area contributed by atoms with Crippen LogP contribution in [0.3, 0.4) is 0 Å². The molecule has 0 aliphatic carbocycles.